The van der Waals surface area contributed by atoms with Gasteiger partial charge in [0.2, 0.25) is 5.91 Å². The first kappa shape index (κ1) is 13.7. The maximum Gasteiger partial charge on any atom is 0.264 e. The van der Waals surface area contributed by atoms with Gasteiger partial charge in [-0.1, -0.05) is 0 Å². The van der Waals surface area contributed by atoms with E-state index in [4.69, 9.17) is 0 Å². The molecule has 2 aromatic heterocycles. The Kier molecular flexibility index (Phi) is 3.70. The van der Waals surface area contributed by atoms with Crippen molar-refractivity contribution in [3.8, 4) is 0 Å². The number of hydrogen-bond donors (Lipinski definition) is 1. The van der Waals surface area contributed by atoms with Crippen LogP contribution in [0.25, 0.3) is 11.0 Å². The number of hydrogen-bond acceptors (Lipinski definition) is 5. The van der Waals surface area contributed by atoms with E-state index in [0.717, 1.165) is 26.2 Å². The quantitative estimate of drug-likeness (QED) is 0.780. The van der Waals surface area contributed by atoms with E-state index in [0.29, 0.717) is 24.0 Å². The van der Waals surface area contributed by atoms with Gasteiger partial charge in [0.1, 0.15) is 5.39 Å². The third kappa shape index (κ3) is 2.66. The van der Waals surface area contributed by atoms with Gasteiger partial charge in [-0.2, -0.15) is 5.10 Å². The second-order valence-corrected chi connectivity index (χ2v) is 5.13. The Morgan fingerprint density at radius 1 is 1.38 bits per heavy atom. The predicted molar refractivity (Wildman–Crippen MR) is 76.8 cm³/mol. The van der Waals surface area contributed by atoms with E-state index in [1.54, 1.807) is 11.7 Å². The molecule has 0 aliphatic carbocycles. The molecule has 0 unspecified atom stereocenters. The zero-order valence-corrected chi connectivity index (χ0v) is 11.9. The number of rotatable bonds is 3. The van der Waals surface area contributed by atoms with Crippen LogP contribution >= 0.6 is 0 Å². The van der Waals surface area contributed by atoms with E-state index in [1.807, 2.05) is 4.90 Å². The predicted octanol–water partition coefficient (Wildman–Crippen LogP) is -1.05. The molecule has 0 spiro atoms. The Labute approximate surface area is 121 Å². The van der Waals surface area contributed by atoms with E-state index >= 15 is 0 Å². The maximum atomic E-state index is 12.3. The average molecular weight is 290 g/mol. The van der Waals surface area contributed by atoms with Crippen molar-refractivity contribution in [3.05, 3.63) is 22.9 Å². The lowest BCUT2D eigenvalue weighted by atomic mass is 10.3. The first-order valence-electron chi connectivity index (χ1n) is 7.02. The number of carbonyl (C=O) groups is 1. The molecule has 0 aromatic carbocycles. The van der Waals surface area contributed by atoms with Crippen LogP contribution in [0.5, 0.6) is 0 Å². The minimum absolute atomic E-state index is 0.0784. The number of carbonyl (C=O) groups excluding carboxylic acids is 1. The number of aromatic nitrogens is 4. The normalized spacial score (nSPS) is 15.6. The molecule has 112 valence electrons. The lowest BCUT2D eigenvalue weighted by molar-refractivity contribution is -0.132. The lowest BCUT2D eigenvalue weighted by Crippen LogP contribution is -2.46. The Balaban J connectivity index is 1.71. The average Bonchev–Trinajstić information content (AvgIpc) is 2.89. The fourth-order valence-electron chi connectivity index (χ4n) is 2.51. The fraction of sp³-hybridized carbons (Fsp3) is 0.538. The number of amides is 1. The minimum atomic E-state index is -0.152. The van der Waals surface area contributed by atoms with Gasteiger partial charge >= 0.3 is 0 Å². The van der Waals surface area contributed by atoms with Crippen molar-refractivity contribution in [3.63, 3.8) is 0 Å². The molecular formula is C13H18N6O2. The summed E-state index contributed by atoms with van der Waals surface area (Å²) in [5.74, 6) is 0.0784. The van der Waals surface area contributed by atoms with Crippen molar-refractivity contribution < 1.29 is 4.79 Å². The highest BCUT2D eigenvalue weighted by Gasteiger charge is 2.16. The monoisotopic (exact) mass is 290 g/mol. The third-order valence-electron chi connectivity index (χ3n) is 3.75. The summed E-state index contributed by atoms with van der Waals surface area (Å²) in [5.41, 5.74) is 0.408. The first-order valence-corrected chi connectivity index (χ1v) is 7.02. The molecule has 2 aromatic rings. The number of nitrogens with one attached hydrogen (secondary N) is 1. The summed E-state index contributed by atoms with van der Waals surface area (Å²) in [6, 6.07) is 0. The summed E-state index contributed by atoms with van der Waals surface area (Å²) in [6.45, 7) is 3.46. The molecule has 1 N–H and O–H groups in total. The van der Waals surface area contributed by atoms with Crippen LogP contribution in [0.15, 0.2) is 17.3 Å². The van der Waals surface area contributed by atoms with Gasteiger partial charge in [0.05, 0.1) is 12.5 Å². The van der Waals surface area contributed by atoms with E-state index in [9.17, 15) is 9.59 Å². The second-order valence-electron chi connectivity index (χ2n) is 5.13. The largest absolute Gasteiger partial charge is 0.340 e. The molecule has 21 heavy (non-hydrogen) atoms. The van der Waals surface area contributed by atoms with E-state index < -0.39 is 0 Å². The first-order chi connectivity index (χ1) is 10.2. The topological polar surface area (TPSA) is 85.0 Å². The molecule has 1 aliphatic heterocycles. The number of nitrogens with zero attached hydrogens (tertiary/aromatic N) is 5. The molecule has 1 fully saturated rings. The summed E-state index contributed by atoms with van der Waals surface area (Å²) in [5, 5.41) is 7.71. The maximum absolute atomic E-state index is 12.3. The van der Waals surface area contributed by atoms with Gasteiger partial charge < -0.3 is 10.2 Å². The Morgan fingerprint density at radius 3 is 2.90 bits per heavy atom. The van der Waals surface area contributed by atoms with Crippen LogP contribution in [0.3, 0.4) is 0 Å². The number of piperazine rings is 1. The van der Waals surface area contributed by atoms with Gasteiger partial charge in [-0.3, -0.25) is 18.8 Å². The SMILES string of the molecule is Cn1ncc2c(=O)n(CCC(=O)N3CCNCC3)cnc21. The lowest BCUT2D eigenvalue weighted by Gasteiger charge is -2.27. The summed E-state index contributed by atoms with van der Waals surface area (Å²) in [7, 11) is 1.74. The molecule has 8 heteroatoms. The number of fused-ring (bicyclic) bond motifs is 1. The van der Waals surface area contributed by atoms with E-state index in [1.165, 1.54) is 17.1 Å². The molecule has 0 radical (unpaired) electrons. The highest BCUT2D eigenvalue weighted by molar-refractivity contribution is 5.76. The van der Waals surface area contributed by atoms with Crippen molar-refractivity contribution in [2.75, 3.05) is 26.2 Å². The van der Waals surface area contributed by atoms with Crippen molar-refractivity contribution in [1.29, 1.82) is 0 Å². The van der Waals surface area contributed by atoms with Crippen LogP contribution in [0.1, 0.15) is 6.42 Å². The van der Waals surface area contributed by atoms with Crippen LogP contribution < -0.4 is 10.9 Å². The van der Waals surface area contributed by atoms with Gasteiger partial charge in [-0.25, -0.2) is 4.98 Å². The van der Waals surface area contributed by atoms with Crippen LogP contribution in [0.4, 0.5) is 0 Å². The van der Waals surface area contributed by atoms with Crippen molar-refractivity contribution in [2.24, 2.45) is 7.05 Å². The van der Waals surface area contributed by atoms with Crippen molar-refractivity contribution in [1.82, 2.24) is 29.5 Å². The highest BCUT2D eigenvalue weighted by atomic mass is 16.2. The van der Waals surface area contributed by atoms with Crippen molar-refractivity contribution >= 4 is 16.9 Å². The molecule has 0 saturated carbocycles. The van der Waals surface area contributed by atoms with Gasteiger partial charge in [0.15, 0.2) is 5.65 Å². The van der Waals surface area contributed by atoms with Crippen molar-refractivity contribution in [2.45, 2.75) is 13.0 Å². The van der Waals surface area contributed by atoms with Crippen LogP contribution in [-0.4, -0.2) is 56.3 Å². The summed E-state index contributed by atoms with van der Waals surface area (Å²) < 4.78 is 3.04. The summed E-state index contributed by atoms with van der Waals surface area (Å²) in [4.78, 5) is 30.4. The van der Waals surface area contributed by atoms with Gasteiger partial charge in [-0.15, -0.1) is 0 Å². The van der Waals surface area contributed by atoms with E-state index in [-0.39, 0.29) is 11.5 Å². The minimum Gasteiger partial charge on any atom is -0.340 e. The molecule has 3 rings (SSSR count). The van der Waals surface area contributed by atoms with Crippen LogP contribution in [0.2, 0.25) is 0 Å². The zero-order chi connectivity index (χ0) is 14.8. The molecule has 3 heterocycles. The molecule has 8 nitrogen and oxygen atoms in total. The molecule has 0 bridgehead atoms. The summed E-state index contributed by atoms with van der Waals surface area (Å²) in [6.07, 6.45) is 3.31. The van der Waals surface area contributed by atoms with Gasteiger partial charge in [-0.05, 0) is 0 Å². The van der Waals surface area contributed by atoms with E-state index in [2.05, 4.69) is 15.4 Å². The van der Waals surface area contributed by atoms with Gasteiger partial charge in [0, 0.05) is 46.2 Å². The summed E-state index contributed by atoms with van der Waals surface area (Å²) >= 11 is 0. The fourth-order valence-corrected chi connectivity index (χ4v) is 2.51. The third-order valence-corrected chi connectivity index (χ3v) is 3.75. The molecule has 1 amide bonds. The van der Waals surface area contributed by atoms with Crippen LogP contribution in [-0.2, 0) is 18.4 Å². The number of aryl methyl sites for hydroxylation is 2. The second kappa shape index (κ2) is 5.65. The Morgan fingerprint density at radius 2 is 2.14 bits per heavy atom. The smallest absolute Gasteiger partial charge is 0.264 e. The highest BCUT2D eigenvalue weighted by Crippen LogP contribution is 2.04. The molecule has 1 saturated heterocycles. The van der Waals surface area contributed by atoms with Gasteiger partial charge in [0.25, 0.3) is 5.56 Å². The Bertz CT molecular complexity index is 713. The van der Waals surface area contributed by atoms with Crippen LogP contribution in [0, 0.1) is 0 Å². The Hall–Kier alpha value is -2.22. The zero-order valence-electron chi connectivity index (χ0n) is 11.9. The molecule has 1 aliphatic rings. The molecule has 0 atom stereocenters. The standard InChI is InChI=1S/C13H18N6O2/c1-17-12-10(8-16-17)13(21)19(9-15-12)5-2-11(20)18-6-3-14-4-7-18/h8-9,14H,2-7H2,1H3. The molecular weight excluding hydrogens is 272 g/mol.